The van der Waals surface area contributed by atoms with Crippen LogP contribution in [0.4, 0.5) is 5.69 Å². The van der Waals surface area contributed by atoms with Crippen LogP contribution in [0.2, 0.25) is 0 Å². The highest BCUT2D eigenvalue weighted by atomic mass is 16.5. The number of anilines is 1. The molecule has 4 heteroatoms. The van der Waals surface area contributed by atoms with Crippen molar-refractivity contribution in [2.24, 2.45) is 0 Å². The van der Waals surface area contributed by atoms with Gasteiger partial charge >= 0.3 is 0 Å². The van der Waals surface area contributed by atoms with Crippen molar-refractivity contribution in [1.82, 2.24) is 10.3 Å². The van der Waals surface area contributed by atoms with E-state index in [2.05, 4.69) is 56.0 Å². The van der Waals surface area contributed by atoms with E-state index in [1.807, 2.05) is 12.4 Å². The Hall–Kier alpha value is -1.13. The highest BCUT2D eigenvalue weighted by molar-refractivity contribution is 5.50. The zero-order chi connectivity index (χ0) is 14.3. The molecule has 0 saturated heterocycles. The second-order valence-corrected chi connectivity index (χ2v) is 5.38. The van der Waals surface area contributed by atoms with Gasteiger partial charge in [0.1, 0.15) is 0 Å². The van der Waals surface area contributed by atoms with Gasteiger partial charge in [0.05, 0.1) is 24.6 Å². The van der Waals surface area contributed by atoms with E-state index in [1.165, 1.54) is 11.3 Å². The summed E-state index contributed by atoms with van der Waals surface area (Å²) in [6.45, 7) is 10.9. The summed E-state index contributed by atoms with van der Waals surface area (Å²) in [5, 5.41) is 3.45. The minimum atomic E-state index is 0.282. The minimum absolute atomic E-state index is 0.282. The number of pyridine rings is 1. The first-order chi connectivity index (χ1) is 9.00. The molecule has 1 aromatic rings. The van der Waals surface area contributed by atoms with Crippen LogP contribution in [0.3, 0.4) is 0 Å². The van der Waals surface area contributed by atoms with Gasteiger partial charge in [0, 0.05) is 32.4 Å². The molecule has 0 amide bonds. The summed E-state index contributed by atoms with van der Waals surface area (Å²) in [6.07, 6.45) is 4.05. The second-order valence-electron chi connectivity index (χ2n) is 5.38. The van der Waals surface area contributed by atoms with Gasteiger partial charge in [-0.15, -0.1) is 0 Å². The molecule has 0 atom stereocenters. The lowest BCUT2D eigenvalue weighted by Gasteiger charge is -2.23. The van der Waals surface area contributed by atoms with Gasteiger partial charge in [-0.2, -0.15) is 0 Å². The van der Waals surface area contributed by atoms with Gasteiger partial charge in [0.15, 0.2) is 0 Å². The molecule has 0 aliphatic heterocycles. The van der Waals surface area contributed by atoms with Gasteiger partial charge in [-0.25, -0.2) is 0 Å². The van der Waals surface area contributed by atoms with E-state index in [1.54, 1.807) is 0 Å². The van der Waals surface area contributed by atoms with Crippen LogP contribution in [0.25, 0.3) is 0 Å². The van der Waals surface area contributed by atoms with E-state index < -0.39 is 0 Å². The Labute approximate surface area is 117 Å². The first-order valence-corrected chi connectivity index (χ1v) is 6.99. The molecule has 4 nitrogen and oxygen atoms in total. The molecule has 108 valence electrons. The third-order valence-corrected chi connectivity index (χ3v) is 2.88. The van der Waals surface area contributed by atoms with Crippen LogP contribution in [-0.2, 0) is 11.3 Å². The fourth-order valence-corrected chi connectivity index (χ4v) is 1.77. The Morgan fingerprint density at radius 3 is 2.68 bits per heavy atom. The monoisotopic (exact) mass is 265 g/mol. The Morgan fingerprint density at radius 2 is 2.05 bits per heavy atom. The summed E-state index contributed by atoms with van der Waals surface area (Å²) in [7, 11) is 2.08. The quantitative estimate of drug-likeness (QED) is 0.783. The topological polar surface area (TPSA) is 37.4 Å². The molecule has 0 aliphatic carbocycles. The van der Waals surface area contributed by atoms with Crippen LogP contribution in [-0.4, -0.2) is 37.3 Å². The Morgan fingerprint density at radius 1 is 1.32 bits per heavy atom. The van der Waals surface area contributed by atoms with E-state index in [4.69, 9.17) is 4.74 Å². The second kappa shape index (κ2) is 8.12. The fraction of sp³-hybridized carbons (Fsp3) is 0.667. The number of hydrogen-bond donors (Lipinski definition) is 1. The van der Waals surface area contributed by atoms with Crippen molar-refractivity contribution in [2.45, 2.75) is 46.4 Å². The lowest BCUT2D eigenvalue weighted by atomic mass is 10.2. The number of hydrogen-bond acceptors (Lipinski definition) is 4. The first-order valence-electron chi connectivity index (χ1n) is 6.99. The van der Waals surface area contributed by atoms with Crippen molar-refractivity contribution < 1.29 is 4.74 Å². The maximum absolute atomic E-state index is 5.59. The Balaban J connectivity index is 2.59. The Kier molecular flexibility index (Phi) is 6.81. The van der Waals surface area contributed by atoms with Crippen LogP contribution in [0.15, 0.2) is 18.5 Å². The average Bonchev–Trinajstić information content (AvgIpc) is 2.36. The first kappa shape index (κ1) is 15.9. The van der Waals surface area contributed by atoms with Gasteiger partial charge in [0.2, 0.25) is 0 Å². The summed E-state index contributed by atoms with van der Waals surface area (Å²) < 4.78 is 5.59. The Bertz CT molecular complexity index is 366. The standard InChI is InChI=1S/C15H27N3O/c1-12(2)17-10-14-6-7-16-11-15(14)18(5)8-9-19-13(3)4/h6-7,11-13,17H,8-10H2,1-5H3. The number of aromatic nitrogens is 1. The molecule has 0 unspecified atom stereocenters. The van der Waals surface area contributed by atoms with Crippen LogP contribution in [0.5, 0.6) is 0 Å². The van der Waals surface area contributed by atoms with Crippen molar-refractivity contribution in [3.05, 3.63) is 24.0 Å². The SMILES string of the molecule is CC(C)NCc1ccncc1N(C)CCOC(C)C. The molecule has 1 rings (SSSR count). The van der Waals surface area contributed by atoms with Crippen LogP contribution >= 0.6 is 0 Å². The molecule has 0 radical (unpaired) electrons. The highest BCUT2D eigenvalue weighted by Crippen LogP contribution is 2.17. The maximum atomic E-state index is 5.59. The van der Waals surface area contributed by atoms with Crippen LogP contribution < -0.4 is 10.2 Å². The summed E-state index contributed by atoms with van der Waals surface area (Å²) in [4.78, 5) is 6.43. The van der Waals surface area contributed by atoms with Gasteiger partial charge < -0.3 is 15.0 Å². The number of rotatable bonds is 8. The van der Waals surface area contributed by atoms with Gasteiger partial charge in [-0.05, 0) is 25.5 Å². The maximum Gasteiger partial charge on any atom is 0.0644 e. The number of likely N-dealkylation sites (N-methyl/N-ethyl adjacent to an activating group) is 1. The average molecular weight is 265 g/mol. The number of nitrogens with zero attached hydrogens (tertiary/aromatic N) is 2. The van der Waals surface area contributed by atoms with Gasteiger partial charge in [-0.3, -0.25) is 4.98 Å². The zero-order valence-electron chi connectivity index (χ0n) is 12.8. The molecule has 1 N–H and O–H groups in total. The van der Waals surface area contributed by atoms with Crippen molar-refractivity contribution in [3.8, 4) is 0 Å². The predicted molar refractivity (Wildman–Crippen MR) is 80.6 cm³/mol. The molecule has 0 spiro atoms. The summed E-state index contributed by atoms with van der Waals surface area (Å²) in [6, 6.07) is 2.56. The normalized spacial score (nSPS) is 11.3. The fourth-order valence-electron chi connectivity index (χ4n) is 1.77. The molecule has 1 heterocycles. The van der Waals surface area contributed by atoms with Crippen LogP contribution in [0, 0.1) is 0 Å². The third kappa shape index (κ3) is 6.03. The summed E-state index contributed by atoms with van der Waals surface area (Å²) in [5.41, 5.74) is 2.44. The lowest BCUT2D eigenvalue weighted by molar-refractivity contribution is 0.0846. The van der Waals surface area contributed by atoms with Crippen molar-refractivity contribution >= 4 is 5.69 Å². The van der Waals surface area contributed by atoms with Gasteiger partial charge in [-0.1, -0.05) is 13.8 Å². The smallest absolute Gasteiger partial charge is 0.0644 e. The van der Waals surface area contributed by atoms with E-state index in [-0.39, 0.29) is 6.10 Å². The molecule has 0 aliphatic rings. The number of nitrogens with one attached hydrogen (secondary N) is 1. The van der Waals surface area contributed by atoms with Crippen molar-refractivity contribution in [1.29, 1.82) is 0 Å². The predicted octanol–water partition coefficient (Wildman–Crippen LogP) is 2.44. The van der Waals surface area contributed by atoms with Crippen LogP contribution in [0.1, 0.15) is 33.3 Å². The molecule has 19 heavy (non-hydrogen) atoms. The largest absolute Gasteiger partial charge is 0.377 e. The summed E-state index contributed by atoms with van der Waals surface area (Å²) >= 11 is 0. The van der Waals surface area contributed by atoms with E-state index >= 15 is 0 Å². The van der Waals surface area contributed by atoms with Gasteiger partial charge in [0.25, 0.3) is 0 Å². The van der Waals surface area contributed by atoms with Crippen molar-refractivity contribution in [2.75, 3.05) is 25.1 Å². The highest BCUT2D eigenvalue weighted by Gasteiger charge is 2.08. The molecule has 0 bridgehead atoms. The molecule has 0 saturated carbocycles. The van der Waals surface area contributed by atoms with E-state index in [0.29, 0.717) is 6.04 Å². The molecular weight excluding hydrogens is 238 g/mol. The number of ether oxygens (including phenoxy) is 1. The van der Waals surface area contributed by atoms with E-state index in [0.717, 1.165) is 19.7 Å². The zero-order valence-corrected chi connectivity index (χ0v) is 12.8. The molecular formula is C15H27N3O. The molecule has 0 fully saturated rings. The summed E-state index contributed by atoms with van der Waals surface area (Å²) in [5.74, 6) is 0. The molecule has 1 aromatic heterocycles. The minimum Gasteiger partial charge on any atom is -0.377 e. The van der Waals surface area contributed by atoms with Crippen molar-refractivity contribution in [3.63, 3.8) is 0 Å². The lowest BCUT2D eigenvalue weighted by Crippen LogP contribution is -2.27. The molecule has 0 aromatic carbocycles. The van der Waals surface area contributed by atoms with E-state index in [9.17, 15) is 0 Å². The third-order valence-electron chi connectivity index (χ3n) is 2.88.